The van der Waals surface area contributed by atoms with Crippen molar-refractivity contribution in [1.82, 2.24) is 4.57 Å². The molecular weight excluding hydrogens is 272 g/mol. The van der Waals surface area contributed by atoms with Crippen LogP contribution in [0.25, 0.3) is 10.9 Å². The molecule has 2 rings (SSSR count). The number of carbonyl (C=O) groups excluding carboxylic acids is 1. The minimum absolute atomic E-state index is 0.106. The molecule has 0 saturated heterocycles. The Balaban J connectivity index is 2.41. The van der Waals surface area contributed by atoms with E-state index < -0.39 is 18.1 Å². The number of para-hydroxylation sites is 1. The predicted molar refractivity (Wildman–Crippen MR) is 78.2 cm³/mol. The summed E-state index contributed by atoms with van der Waals surface area (Å²) in [5.74, 6) is -1.08. The average molecular weight is 288 g/mol. The van der Waals surface area contributed by atoms with Crippen molar-refractivity contribution in [3.8, 4) is 0 Å². The van der Waals surface area contributed by atoms with Crippen molar-refractivity contribution < 1.29 is 19.4 Å². The number of nitrogens with two attached hydrogens (primary N) is 1. The maximum absolute atomic E-state index is 12.0. The molecule has 2 aromatic rings. The number of carboxylic acid groups (broad SMARTS) is 1. The van der Waals surface area contributed by atoms with Crippen LogP contribution in [0, 0.1) is 0 Å². The first-order chi connectivity index (χ1) is 10.0. The van der Waals surface area contributed by atoms with Gasteiger partial charge in [-0.2, -0.15) is 0 Å². The minimum Gasteiger partial charge on any atom is -0.480 e. The number of hydrogen-bond acceptors (Lipinski definition) is 4. The zero-order chi connectivity index (χ0) is 15.4. The summed E-state index contributed by atoms with van der Waals surface area (Å²) in [5.41, 5.74) is 6.91. The molecule has 0 saturated carbocycles. The van der Waals surface area contributed by atoms with E-state index in [2.05, 4.69) is 6.58 Å². The van der Waals surface area contributed by atoms with Gasteiger partial charge in [-0.05, 0) is 11.6 Å². The summed E-state index contributed by atoms with van der Waals surface area (Å²) < 4.78 is 6.36. The minimum atomic E-state index is -1.08. The maximum Gasteiger partial charge on any atom is 0.418 e. The van der Waals surface area contributed by atoms with Gasteiger partial charge in [0, 0.05) is 18.0 Å². The lowest BCUT2D eigenvalue weighted by molar-refractivity contribution is -0.138. The summed E-state index contributed by atoms with van der Waals surface area (Å²) >= 11 is 0. The molecule has 3 N–H and O–H groups in total. The Morgan fingerprint density at radius 2 is 2.14 bits per heavy atom. The highest BCUT2D eigenvalue weighted by Gasteiger charge is 2.18. The van der Waals surface area contributed by atoms with Crippen molar-refractivity contribution >= 4 is 23.0 Å². The van der Waals surface area contributed by atoms with Gasteiger partial charge < -0.3 is 15.6 Å². The lowest BCUT2D eigenvalue weighted by Gasteiger charge is -2.04. The third-order valence-electron chi connectivity index (χ3n) is 3.07. The van der Waals surface area contributed by atoms with Gasteiger partial charge in [0.15, 0.2) is 0 Å². The lowest BCUT2D eigenvalue weighted by Crippen LogP contribution is -2.32. The Labute approximate surface area is 121 Å². The van der Waals surface area contributed by atoms with Crippen LogP contribution >= 0.6 is 0 Å². The fraction of sp³-hybridized carbons (Fsp3) is 0.200. The van der Waals surface area contributed by atoms with Gasteiger partial charge in [-0.25, -0.2) is 4.79 Å². The summed E-state index contributed by atoms with van der Waals surface area (Å²) in [6.07, 6.45) is 2.64. The van der Waals surface area contributed by atoms with Crippen LogP contribution in [-0.2, 0) is 16.0 Å². The van der Waals surface area contributed by atoms with Gasteiger partial charge >= 0.3 is 12.1 Å². The molecule has 110 valence electrons. The maximum atomic E-state index is 12.0. The Hall–Kier alpha value is -2.60. The highest BCUT2D eigenvalue weighted by atomic mass is 16.5. The summed E-state index contributed by atoms with van der Waals surface area (Å²) in [7, 11) is 0. The number of nitrogens with zero attached hydrogens (tertiary/aromatic N) is 1. The molecule has 0 bridgehead atoms. The Kier molecular flexibility index (Phi) is 4.39. The van der Waals surface area contributed by atoms with Crippen LogP contribution in [0.1, 0.15) is 5.56 Å². The Morgan fingerprint density at radius 1 is 1.43 bits per heavy atom. The molecule has 6 nitrogen and oxygen atoms in total. The molecule has 6 heteroatoms. The molecule has 21 heavy (non-hydrogen) atoms. The third kappa shape index (κ3) is 3.11. The van der Waals surface area contributed by atoms with Crippen LogP contribution in [0.2, 0.25) is 0 Å². The van der Waals surface area contributed by atoms with Crippen LogP contribution < -0.4 is 5.73 Å². The van der Waals surface area contributed by atoms with Crippen molar-refractivity contribution in [3.63, 3.8) is 0 Å². The van der Waals surface area contributed by atoms with Crippen molar-refractivity contribution in [2.45, 2.75) is 12.5 Å². The number of aliphatic carboxylic acids is 1. The van der Waals surface area contributed by atoms with Crippen LogP contribution in [0.4, 0.5) is 4.79 Å². The van der Waals surface area contributed by atoms with Gasteiger partial charge in [-0.3, -0.25) is 9.36 Å². The standard InChI is InChI=1S/C15H16N2O4/c1-2-7-21-15(20)17-9-10(8-12(16)14(18)19)11-5-3-4-6-13(11)17/h2-6,9,12H,1,7-8,16H2,(H,18,19). The second kappa shape index (κ2) is 6.23. The summed E-state index contributed by atoms with van der Waals surface area (Å²) in [5, 5.41) is 9.70. The smallest absolute Gasteiger partial charge is 0.418 e. The first-order valence-electron chi connectivity index (χ1n) is 6.40. The second-order valence-corrected chi connectivity index (χ2v) is 4.56. The number of rotatable bonds is 5. The molecule has 1 aromatic heterocycles. The molecule has 0 fully saturated rings. The number of benzene rings is 1. The molecule has 0 spiro atoms. The van der Waals surface area contributed by atoms with Gasteiger partial charge in [-0.15, -0.1) is 0 Å². The average Bonchev–Trinajstić information content (AvgIpc) is 2.84. The highest BCUT2D eigenvalue weighted by molar-refractivity contribution is 5.92. The van der Waals surface area contributed by atoms with E-state index in [1.807, 2.05) is 12.1 Å². The van der Waals surface area contributed by atoms with Gasteiger partial charge in [0.05, 0.1) is 5.52 Å². The van der Waals surface area contributed by atoms with E-state index in [1.54, 1.807) is 18.3 Å². The number of carboxylic acids is 1. The first-order valence-corrected chi connectivity index (χ1v) is 6.40. The quantitative estimate of drug-likeness (QED) is 0.818. The van der Waals surface area contributed by atoms with Crippen LogP contribution in [0.15, 0.2) is 43.1 Å². The topological polar surface area (TPSA) is 94.5 Å². The van der Waals surface area contributed by atoms with Gasteiger partial charge in [0.1, 0.15) is 12.6 Å². The van der Waals surface area contributed by atoms with Crippen LogP contribution in [0.5, 0.6) is 0 Å². The number of carbonyl (C=O) groups is 2. The van der Waals surface area contributed by atoms with Crippen molar-refractivity contribution in [2.75, 3.05) is 6.61 Å². The highest BCUT2D eigenvalue weighted by Crippen LogP contribution is 2.22. The van der Waals surface area contributed by atoms with Crippen molar-refractivity contribution in [2.24, 2.45) is 5.73 Å². The summed E-state index contributed by atoms with van der Waals surface area (Å²) in [6, 6.07) is 6.17. The van der Waals surface area contributed by atoms with E-state index in [1.165, 1.54) is 10.6 Å². The number of hydrogen-bond donors (Lipinski definition) is 2. The largest absolute Gasteiger partial charge is 0.480 e. The van der Waals surface area contributed by atoms with Crippen LogP contribution in [-0.4, -0.2) is 34.4 Å². The monoisotopic (exact) mass is 288 g/mol. The number of fused-ring (bicyclic) bond motifs is 1. The van der Waals surface area contributed by atoms with E-state index in [-0.39, 0.29) is 13.0 Å². The first kappa shape index (κ1) is 14.8. The summed E-state index contributed by atoms with van der Waals surface area (Å²) in [4.78, 5) is 22.9. The van der Waals surface area contributed by atoms with Gasteiger partial charge in [0.25, 0.3) is 0 Å². The Morgan fingerprint density at radius 3 is 2.81 bits per heavy atom. The number of ether oxygens (including phenoxy) is 1. The zero-order valence-corrected chi connectivity index (χ0v) is 11.4. The van der Waals surface area contributed by atoms with E-state index in [0.29, 0.717) is 11.1 Å². The number of aromatic nitrogens is 1. The lowest BCUT2D eigenvalue weighted by atomic mass is 10.1. The molecule has 0 amide bonds. The van der Waals surface area contributed by atoms with Gasteiger partial charge in [-0.1, -0.05) is 30.9 Å². The van der Waals surface area contributed by atoms with Crippen LogP contribution in [0.3, 0.4) is 0 Å². The predicted octanol–water partition coefficient (Wildman–Crippen LogP) is 1.77. The van der Waals surface area contributed by atoms with E-state index in [9.17, 15) is 9.59 Å². The molecule has 0 radical (unpaired) electrons. The molecule has 1 unspecified atom stereocenters. The van der Waals surface area contributed by atoms with E-state index in [0.717, 1.165) is 5.39 Å². The SMILES string of the molecule is C=CCOC(=O)n1cc(CC(N)C(=O)O)c2ccccc21. The van der Waals surface area contributed by atoms with Crippen molar-refractivity contribution in [1.29, 1.82) is 0 Å². The molecule has 0 aliphatic carbocycles. The van der Waals surface area contributed by atoms with E-state index in [4.69, 9.17) is 15.6 Å². The molecule has 1 heterocycles. The third-order valence-corrected chi connectivity index (χ3v) is 3.07. The van der Waals surface area contributed by atoms with Gasteiger partial charge in [0.2, 0.25) is 0 Å². The molecule has 1 atom stereocenters. The molecule has 0 aliphatic heterocycles. The summed E-state index contributed by atoms with van der Waals surface area (Å²) in [6.45, 7) is 3.59. The normalized spacial score (nSPS) is 12.0. The molecule has 0 aliphatic rings. The fourth-order valence-corrected chi connectivity index (χ4v) is 2.09. The van der Waals surface area contributed by atoms with E-state index >= 15 is 0 Å². The molecule has 1 aromatic carbocycles. The zero-order valence-electron chi connectivity index (χ0n) is 11.4. The fourth-order valence-electron chi connectivity index (χ4n) is 2.09. The van der Waals surface area contributed by atoms with Crippen molar-refractivity contribution in [3.05, 3.63) is 48.7 Å². The molecular formula is C15H16N2O4. The Bertz CT molecular complexity index is 690. The second-order valence-electron chi connectivity index (χ2n) is 4.56.